The smallest absolute Gasteiger partial charge is 0.286 e. The van der Waals surface area contributed by atoms with Gasteiger partial charge in [0, 0.05) is 13.2 Å². The molecule has 72 valence electrons. The largest absolute Gasteiger partial charge is 0.316 e. The molecule has 0 N–H and O–H groups in total. The van der Waals surface area contributed by atoms with E-state index in [-0.39, 0.29) is 5.92 Å². The van der Waals surface area contributed by atoms with Crippen LogP contribution in [0.25, 0.3) is 0 Å². The summed E-state index contributed by atoms with van der Waals surface area (Å²) in [6.45, 7) is 5.60. The lowest BCUT2D eigenvalue weighted by atomic mass is 10.0. The van der Waals surface area contributed by atoms with Crippen LogP contribution in [0, 0.1) is 12.7 Å². The summed E-state index contributed by atoms with van der Waals surface area (Å²) in [6, 6.07) is 0. The molecule has 1 heterocycles. The third kappa shape index (κ3) is 1.64. The molecule has 0 aliphatic carbocycles. The van der Waals surface area contributed by atoms with Crippen molar-refractivity contribution in [1.29, 1.82) is 0 Å². The van der Waals surface area contributed by atoms with Gasteiger partial charge < -0.3 is 4.57 Å². The molecule has 0 fully saturated rings. The van der Waals surface area contributed by atoms with E-state index in [1.54, 1.807) is 20.2 Å². The van der Waals surface area contributed by atoms with E-state index in [0.717, 1.165) is 5.56 Å². The van der Waals surface area contributed by atoms with Crippen LogP contribution in [0.1, 0.15) is 30.9 Å². The van der Waals surface area contributed by atoms with Crippen LogP contribution >= 0.6 is 0 Å². The van der Waals surface area contributed by atoms with Crippen molar-refractivity contribution in [3.63, 3.8) is 0 Å². The Hall–Kier alpha value is -1.12. The Morgan fingerprint density at radius 3 is 2.46 bits per heavy atom. The van der Waals surface area contributed by atoms with E-state index < -0.39 is 11.4 Å². The number of halogens is 1. The number of nitrogens with zero attached hydrogens (tertiary/aromatic N) is 1. The summed E-state index contributed by atoms with van der Waals surface area (Å²) in [5, 5.41) is 0. The molecule has 0 amide bonds. The van der Waals surface area contributed by atoms with Gasteiger partial charge >= 0.3 is 0 Å². The first-order chi connectivity index (χ1) is 5.95. The van der Waals surface area contributed by atoms with Crippen LogP contribution in [-0.4, -0.2) is 4.57 Å². The molecule has 1 aromatic heterocycles. The fourth-order valence-electron chi connectivity index (χ4n) is 1.39. The molecule has 0 spiro atoms. The van der Waals surface area contributed by atoms with Crippen LogP contribution in [0.5, 0.6) is 0 Å². The first-order valence-corrected chi connectivity index (χ1v) is 4.30. The fourth-order valence-corrected chi connectivity index (χ4v) is 1.39. The first kappa shape index (κ1) is 9.96. The van der Waals surface area contributed by atoms with Crippen LogP contribution in [0.4, 0.5) is 4.39 Å². The molecule has 0 saturated heterocycles. The number of aromatic nitrogens is 1. The highest BCUT2D eigenvalue weighted by atomic mass is 19.1. The van der Waals surface area contributed by atoms with Crippen molar-refractivity contribution in [2.75, 3.05) is 0 Å². The van der Waals surface area contributed by atoms with Crippen LogP contribution in [-0.2, 0) is 7.05 Å². The van der Waals surface area contributed by atoms with Gasteiger partial charge in [0.25, 0.3) is 5.56 Å². The molecule has 2 nitrogen and oxygen atoms in total. The Morgan fingerprint density at radius 1 is 1.46 bits per heavy atom. The second kappa shape index (κ2) is 3.32. The van der Waals surface area contributed by atoms with Gasteiger partial charge in [-0.05, 0) is 24.0 Å². The molecule has 0 aliphatic rings. The Morgan fingerprint density at radius 2 is 2.00 bits per heavy atom. The van der Waals surface area contributed by atoms with E-state index in [4.69, 9.17) is 0 Å². The zero-order chi connectivity index (χ0) is 10.2. The SMILES string of the molecule is Cc1c(C(C)C)cn(C)c(=O)c1F. The van der Waals surface area contributed by atoms with Gasteiger partial charge in [0.05, 0.1) is 0 Å². The quantitative estimate of drug-likeness (QED) is 0.652. The number of hydrogen-bond donors (Lipinski definition) is 0. The molecule has 0 aliphatic heterocycles. The maximum atomic E-state index is 13.3. The third-order valence-corrected chi connectivity index (χ3v) is 2.23. The van der Waals surface area contributed by atoms with Crippen LogP contribution in [0.15, 0.2) is 11.0 Å². The third-order valence-electron chi connectivity index (χ3n) is 2.23. The van der Waals surface area contributed by atoms with Gasteiger partial charge in [-0.1, -0.05) is 13.8 Å². The molecule has 0 radical (unpaired) electrons. The summed E-state index contributed by atoms with van der Waals surface area (Å²) in [5.74, 6) is -0.394. The van der Waals surface area contributed by atoms with Crippen LogP contribution in [0.3, 0.4) is 0 Å². The summed E-state index contributed by atoms with van der Waals surface area (Å²) in [6.07, 6.45) is 1.70. The zero-order valence-corrected chi connectivity index (χ0v) is 8.39. The number of aryl methyl sites for hydroxylation is 1. The fraction of sp³-hybridized carbons (Fsp3) is 0.500. The molecule has 0 unspecified atom stereocenters. The molecule has 1 rings (SSSR count). The standard InChI is InChI=1S/C10H14FNO/c1-6(2)8-5-12(4)10(13)9(11)7(8)3/h5-6H,1-4H3. The van der Waals surface area contributed by atoms with E-state index >= 15 is 0 Å². The van der Waals surface area contributed by atoms with Gasteiger partial charge in [-0.2, -0.15) is 0 Å². The molecule has 0 bridgehead atoms. The lowest BCUT2D eigenvalue weighted by Gasteiger charge is -2.11. The van der Waals surface area contributed by atoms with Gasteiger partial charge in [0.2, 0.25) is 0 Å². The average Bonchev–Trinajstić information content (AvgIpc) is 2.07. The predicted octanol–water partition coefficient (Wildman–Crippen LogP) is 1.96. The van der Waals surface area contributed by atoms with E-state index in [2.05, 4.69) is 0 Å². The van der Waals surface area contributed by atoms with Crippen molar-refractivity contribution < 1.29 is 4.39 Å². The van der Waals surface area contributed by atoms with Gasteiger partial charge in [0.1, 0.15) is 0 Å². The Bertz CT molecular complexity index is 379. The molecular formula is C10H14FNO. The summed E-state index contributed by atoms with van der Waals surface area (Å²) in [7, 11) is 1.57. The number of hydrogen-bond acceptors (Lipinski definition) is 1. The minimum absolute atomic E-state index is 0.237. The average molecular weight is 183 g/mol. The van der Waals surface area contributed by atoms with E-state index in [1.165, 1.54) is 4.57 Å². The predicted molar refractivity (Wildman–Crippen MR) is 50.5 cm³/mol. The highest BCUT2D eigenvalue weighted by molar-refractivity contribution is 5.26. The maximum absolute atomic E-state index is 13.3. The minimum Gasteiger partial charge on any atom is -0.316 e. The second-order valence-corrected chi connectivity index (χ2v) is 3.59. The normalized spacial score (nSPS) is 10.9. The molecule has 13 heavy (non-hydrogen) atoms. The Balaban J connectivity index is 3.50. The topological polar surface area (TPSA) is 22.0 Å². The van der Waals surface area contributed by atoms with Crippen molar-refractivity contribution in [3.8, 4) is 0 Å². The van der Waals surface area contributed by atoms with Crippen LogP contribution in [0.2, 0.25) is 0 Å². The first-order valence-electron chi connectivity index (χ1n) is 4.30. The van der Waals surface area contributed by atoms with Crippen molar-refractivity contribution in [1.82, 2.24) is 4.57 Å². The second-order valence-electron chi connectivity index (χ2n) is 3.59. The molecule has 0 saturated carbocycles. The number of rotatable bonds is 1. The molecular weight excluding hydrogens is 169 g/mol. The van der Waals surface area contributed by atoms with Crippen molar-refractivity contribution in [2.45, 2.75) is 26.7 Å². The minimum atomic E-state index is -0.631. The summed E-state index contributed by atoms with van der Waals surface area (Å²) in [4.78, 5) is 11.2. The lowest BCUT2D eigenvalue weighted by Crippen LogP contribution is -2.22. The van der Waals surface area contributed by atoms with Gasteiger partial charge in [-0.25, -0.2) is 4.39 Å². The van der Waals surface area contributed by atoms with Gasteiger partial charge in [-0.3, -0.25) is 4.79 Å². The van der Waals surface area contributed by atoms with E-state index in [0.29, 0.717) is 5.56 Å². The monoisotopic (exact) mass is 183 g/mol. The van der Waals surface area contributed by atoms with E-state index in [1.807, 2.05) is 13.8 Å². The highest BCUT2D eigenvalue weighted by Crippen LogP contribution is 2.18. The lowest BCUT2D eigenvalue weighted by molar-refractivity contribution is 0.572. The van der Waals surface area contributed by atoms with Crippen molar-refractivity contribution in [2.24, 2.45) is 7.05 Å². The maximum Gasteiger partial charge on any atom is 0.286 e. The number of pyridine rings is 1. The Kier molecular flexibility index (Phi) is 2.55. The molecule has 3 heteroatoms. The van der Waals surface area contributed by atoms with Gasteiger partial charge in [0.15, 0.2) is 5.82 Å². The molecule has 0 atom stereocenters. The Labute approximate surface area is 77.0 Å². The highest BCUT2D eigenvalue weighted by Gasteiger charge is 2.12. The molecule has 1 aromatic rings. The van der Waals surface area contributed by atoms with Gasteiger partial charge in [-0.15, -0.1) is 0 Å². The zero-order valence-electron chi connectivity index (χ0n) is 8.39. The van der Waals surface area contributed by atoms with Crippen LogP contribution < -0.4 is 5.56 Å². The summed E-state index contributed by atoms with van der Waals surface area (Å²) >= 11 is 0. The van der Waals surface area contributed by atoms with Crippen molar-refractivity contribution in [3.05, 3.63) is 33.5 Å². The summed E-state index contributed by atoms with van der Waals surface area (Å²) in [5.41, 5.74) is 0.805. The summed E-state index contributed by atoms with van der Waals surface area (Å²) < 4.78 is 14.6. The van der Waals surface area contributed by atoms with Crippen molar-refractivity contribution >= 4 is 0 Å². The molecule has 0 aromatic carbocycles. The van der Waals surface area contributed by atoms with E-state index in [9.17, 15) is 9.18 Å².